The van der Waals surface area contributed by atoms with E-state index in [1.165, 1.54) is 12.8 Å². The molecule has 4 nitrogen and oxygen atoms in total. The highest BCUT2D eigenvalue weighted by Gasteiger charge is 2.34. The topological polar surface area (TPSA) is 41.6 Å². The van der Waals surface area contributed by atoms with E-state index < -0.39 is 5.60 Å². The Hall–Kier alpha value is -1.03. The van der Waals surface area contributed by atoms with Crippen molar-refractivity contribution in [2.24, 2.45) is 17.8 Å². The number of fused-ring (bicyclic) bond motifs is 2. The van der Waals surface area contributed by atoms with E-state index in [4.69, 9.17) is 4.74 Å². The van der Waals surface area contributed by atoms with Gasteiger partial charge >= 0.3 is 6.09 Å². The molecule has 0 aromatic rings. The Morgan fingerprint density at radius 2 is 2.10 bits per heavy atom. The highest BCUT2D eigenvalue weighted by Crippen LogP contribution is 2.42. The predicted molar refractivity (Wildman–Crippen MR) is 80.6 cm³/mol. The molecule has 0 heterocycles. The zero-order chi connectivity index (χ0) is 14.8. The largest absolute Gasteiger partial charge is 0.444 e. The molecule has 2 rings (SSSR count). The second-order valence-electron chi connectivity index (χ2n) is 7.15. The van der Waals surface area contributed by atoms with E-state index in [1.807, 2.05) is 20.8 Å². The Morgan fingerprint density at radius 3 is 2.65 bits per heavy atom. The summed E-state index contributed by atoms with van der Waals surface area (Å²) < 4.78 is 5.32. The molecule has 0 aromatic heterocycles. The Kier molecular flexibility index (Phi) is 4.74. The van der Waals surface area contributed by atoms with Crippen molar-refractivity contribution < 1.29 is 9.53 Å². The van der Waals surface area contributed by atoms with Gasteiger partial charge in [-0.3, -0.25) is 0 Å². The molecule has 2 aliphatic rings. The van der Waals surface area contributed by atoms with Gasteiger partial charge in [-0.15, -0.1) is 0 Å². The number of hydrogen-bond acceptors (Lipinski definition) is 3. The van der Waals surface area contributed by atoms with Crippen LogP contribution in [0.4, 0.5) is 4.79 Å². The van der Waals surface area contributed by atoms with Crippen LogP contribution in [0.15, 0.2) is 12.2 Å². The highest BCUT2D eigenvalue weighted by atomic mass is 16.6. The average molecular weight is 280 g/mol. The molecule has 0 saturated heterocycles. The third-order valence-corrected chi connectivity index (χ3v) is 4.15. The first kappa shape index (κ1) is 15.4. The lowest BCUT2D eigenvalue weighted by Crippen LogP contribution is -2.39. The summed E-state index contributed by atoms with van der Waals surface area (Å²) in [6.45, 7) is 8.24. The van der Waals surface area contributed by atoms with Crippen LogP contribution in [-0.2, 0) is 4.74 Å². The standard InChI is InChI=1S/C16H28N2O2/c1-16(2,3)20-15(19)18(4)8-7-17-11-14-10-12-5-6-13(14)9-12/h5-6,12-14,17H,7-11H2,1-4H3. The lowest BCUT2D eigenvalue weighted by atomic mass is 9.94. The number of allylic oxidation sites excluding steroid dienone is 2. The Morgan fingerprint density at radius 1 is 1.35 bits per heavy atom. The molecule has 0 radical (unpaired) electrons. The van der Waals surface area contributed by atoms with Crippen molar-refractivity contribution in [2.75, 3.05) is 26.7 Å². The minimum atomic E-state index is -0.422. The number of carbonyl (C=O) groups excluding carboxylic acids is 1. The summed E-state index contributed by atoms with van der Waals surface area (Å²) in [5.41, 5.74) is -0.422. The van der Waals surface area contributed by atoms with Gasteiger partial charge in [0.1, 0.15) is 5.60 Å². The highest BCUT2D eigenvalue weighted by molar-refractivity contribution is 5.67. The Balaban J connectivity index is 1.59. The van der Waals surface area contributed by atoms with Gasteiger partial charge in [-0.1, -0.05) is 12.2 Å². The Bertz CT molecular complexity index is 373. The third-order valence-electron chi connectivity index (χ3n) is 4.15. The zero-order valence-corrected chi connectivity index (χ0v) is 13.2. The maximum absolute atomic E-state index is 11.8. The lowest BCUT2D eigenvalue weighted by molar-refractivity contribution is 0.0300. The molecule has 4 heteroatoms. The SMILES string of the molecule is CN(CCNCC1CC2C=CC1C2)C(=O)OC(C)(C)C. The number of rotatable bonds is 5. The summed E-state index contributed by atoms with van der Waals surface area (Å²) in [5.74, 6) is 2.41. The Labute approximate surface area is 122 Å². The maximum Gasteiger partial charge on any atom is 0.410 e. The second-order valence-corrected chi connectivity index (χ2v) is 7.15. The van der Waals surface area contributed by atoms with Crippen LogP contribution in [0.2, 0.25) is 0 Å². The quantitative estimate of drug-likeness (QED) is 0.622. The van der Waals surface area contributed by atoms with Crippen LogP contribution in [-0.4, -0.2) is 43.3 Å². The normalized spacial score (nSPS) is 27.9. The number of carbonyl (C=O) groups is 1. The monoisotopic (exact) mass is 280 g/mol. The van der Waals surface area contributed by atoms with Gasteiger partial charge in [0, 0.05) is 20.1 Å². The van der Waals surface area contributed by atoms with E-state index in [9.17, 15) is 4.79 Å². The molecule has 3 unspecified atom stereocenters. The van der Waals surface area contributed by atoms with Crippen molar-refractivity contribution in [3.05, 3.63) is 12.2 Å². The summed E-state index contributed by atoms with van der Waals surface area (Å²) in [6, 6.07) is 0. The fraction of sp³-hybridized carbons (Fsp3) is 0.812. The lowest BCUT2D eigenvalue weighted by Gasteiger charge is -2.25. The summed E-state index contributed by atoms with van der Waals surface area (Å²) in [6.07, 6.45) is 7.19. The van der Waals surface area contributed by atoms with Crippen molar-refractivity contribution in [2.45, 2.75) is 39.2 Å². The number of nitrogens with zero attached hydrogens (tertiary/aromatic N) is 1. The van der Waals surface area contributed by atoms with Gasteiger partial charge in [0.2, 0.25) is 0 Å². The number of amides is 1. The minimum absolute atomic E-state index is 0.248. The third kappa shape index (κ3) is 4.23. The number of nitrogens with one attached hydrogen (secondary N) is 1. The molecular weight excluding hydrogens is 252 g/mol. The molecule has 20 heavy (non-hydrogen) atoms. The van der Waals surface area contributed by atoms with Gasteiger partial charge in [-0.05, 0) is 57.9 Å². The van der Waals surface area contributed by atoms with E-state index in [0.29, 0.717) is 6.54 Å². The van der Waals surface area contributed by atoms with E-state index >= 15 is 0 Å². The number of ether oxygens (including phenoxy) is 1. The second kappa shape index (κ2) is 6.17. The summed E-state index contributed by atoms with van der Waals surface area (Å²) in [5, 5.41) is 3.48. The molecule has 0 aliphatic heterocycles. The van der Waals surface area contributed by atoms with E-state index in [1.54, 1.807) is 11.9 Å². The predicted octanol–water partition coefficient (Wildman–Crippen LogP) is 2.66. The molecule has 3 atom stereocenters. The van der Waals surface area contributed by atoms with Crippen LogP contribution in [0, 0.1) is 17.8 Å². The summed E-state index contributed by atoms with van der Waals surface area (Å²) in [4.78, 5) is 13.4. The molecule has 1 amide bonds. The number of hydrogen-bond donors (Lipinski definition) is 1. The van der Waals surface area contributed by atoms with Crippen LogP contribution in [0.25, 0.3) is 0 Å². The molecule has 2 bridgehead atoms. The molecule has 1 N–H and O–H groups in total. The smallest absolute Gasteiger partial charge is 0.410 e. The minimum Gasteiger partial charge on any atom is -0.444 e. The first-order valence-electron chi connectivity index (χ1n) is 7.68. The fourth-order valence-corrected chi connectivity index (χ4v) is 3.09. The van der Waals surface area contributed by atoms with Gasteiger partial charge in [-0.25, -0.2) is 4.79 Å². The van der Waals surface area contributed by atoms with Crippen molar-refractivity contribution in [3.8, 4) is 0 Å². The molecule has 0 aromatic carbocycles. The van der Waals surface area contributed by atoms with E-state index in [2.05, 4.69) is 17.5 Å². The van der Waals surface area contributed by atoms with Gasteiger partial charge in [0.05, 0.1) is 0 Å². The molecule has 0 spiro atoms. The van der Waals surface area contributed by atoms with Crippen LogP contribution in [0.1, 0.15) is 33.6 Å². The molecular formula is C16H28N2O2. The van der Waals surface area contributed by atoms with E-state index in [0.717, 1.165) is 30.8 Å². The summed E-state index contributed by atoms with van der Waals surface area (Å²) in [7, 11) is 1.79. The fourth-order valence-electron chi connectivity index (χ4n) is 3.09. The van der Waals surface area contributed by atoms with Gasteiger partial charge in [0.25, 0.3) is 0 Å². The average Bonchev–Trinajstić information content (AvgIpc) is 2.94. The summed E-state index contributed by atoms with van der Waals surface area (Å²) >= 11 is 0. The van der Waals surface area contributed by atoms with Crippen LogP contribution in [0.3, 0.4) is 0 Å². The van der Waals surface area contributed by atoms with Gasteiger partial charge < -0.3 is 15.0 Å². The first-order valence-corrected chi connectivity index (χ1v) is 7.68. The van der Waals surface area contributed by atoms with Crippen LogP contribution in [0.5, 0.6) is 0 Å². The van der Waals surface area contributed by atoms with Gasteiger partial charge in [-0.2, -0.15) is 0 Å². The van der Waals surface area contributed by atoms with E-state index in [-0.39, 0.29) is 6.09 Å². The molecule has 1 fully saturated rings. The van der Waals surface area contributed by atoms with Crippen molar-refractivity contribution in [1.82, 2.24) is 10.2 Å². The van der Waals surface area contributed by atoms with Crippen molar-refractivity contribution >= 4 is 6.09 Å². The molecule has 114 valence electrons. The number of likely N-dealkylation sites (N-methyl/N-ethyl adjacent to an activating group) is 1. The van der Waals surface area contributed by atoms with Crippen molar-refractivity contribution in [3.63, 3.8) is 0 Å². The molecule has 2 aliphatic carbocycles. The zero-order valence-electron chi connectivity index (χ0n) is 13.2. The van der Waals surface area contributed by atoms with Gasteiger partial charge in [0.15, 0.2) is 0 Å². The van der Waals surface area contributed by atoms with Crippen LogP contribution < -0.4 is 5.32 Å². The first-order chi connectivity index (χ1) is 9.35. The van der Waals surface area contributed by atoms with Crippen LogP contribution >= 0.6 is 0 Å². The maximum atomic E-state index is 11.8. The van der Waals surface area contributed by atoms with Crippen molar-refractivity contribution in [1.29, 1.82) is 0 Å². The molecule has 1 saturated carbocycles.